The lowest BCUT2D eigenvalue weighted by Crippen LogP contribution is -2.35. The second kappa shape index (κ2) is 6.64. The number of nitrogens with zero attached hydrogens (tertiary/aromatic N) is 1. The molecule has 1 aliphatic heterocycles. The van der Waals surface area contributed by atoms with Gasteiger partial charge in [0.25, 0.3) is 0 Å². The van der Waals surface area contributed by atoms with Gasteiger partial charge in [-0.3, -0.25) is 4.90 Å². The molecule has 0 aromatic heterocycles. The summed E-state index contributed by atoms with van der Waals surface area (Å²) in [7, 11) is 0. The highest BCUT2D eigenvalue weighted by atomic mass is 15.1. The number of hydrogen-bond donors (Lipinski definition) is 1. The normalized spacial score (nSPS) is 16.3. The van der Waals surface area contributed by atoms with E-state index in [0.717, 1.165) is 26.1 Å². The van der Waals surface area contributed by atoms with Crippen molar-refractivity contribution in [1.29, 1.82) is 0 Å². The molecule has 0 aliphatic carbocycles. The Morgan fingerprint density at radius 1 is 1.05 bits per heavy atom. The van der Waals surface area contributed by atoms with Crippen LogP contribution in [0.25, 0.3) is 0 Å². The molecule has 1 atom stereocenters. The number of benzene rings is 2. The molecule has 3 rings (SSSR count). The van der Waals surface area contributed by atoms with Gasteiger partial charge in [0.2, 0.25) is 0 Å². The first-order chi connectivity index (χ1) is 10.7. The van der Waals surface area contributed by atoms with Crippen LogP contribution >= 0.6 is 0 Å². The zero-order chi connectivity index (χ0) is 15.5. The second-order valence-corrected chi connectivity index (χ2v) is 6.53. The Balaban J connectivity index is 1.72. The predicted octanol–water partition coefficient (Wildman–Crippen LogP) is 3.40. The van der Waals surface area contributed by atoms with Crippen molar-refractivity contribution in [1.82, 2.24) is 4.90 Å². The molecular formula is C20H26N2. The van der Waals surface area contributed by atoms with Crippen molar-refractivity contribution in [2.45, 2.75) is 32.7 Å². The van der Waals surface area contributed by atoms with E-state index in [-0.39, 0.29) is 0 Å². The lowest BCUT2D eigenvalue weighted by molar-refractivity contribution is 0.239. The highest BCUT2D eigenvalue weighted by Crippen LogP contribution is 2.23. The van der Waals surface area contributed by atoms with Crippen LogP contribution in [0.1, 0.15) is 33.7 Å². The van der Waals surface area contributed by atoms with Crippen LogP contribution in [0, 0.1) is 13.8 Å². The van der Waals surface area contributed by atoms with Gasteiger partial charge in [-0.2, -0.15) is 0 Å². The monoisotopic (exact) mass is 294 g/mol. The molecule has 0 saturated heterocycles. The third-order valence-electron chi connectivity index (χ3n) is 4.98. The maximum absolute atomic E-state index is 6.08. The van der Waals surface area contributed by atoms with E-state index in [9.17, 15) is 0 Å². The lowest BCUT2D eigenvalue weighted by Gasteiger charge is -2.32. The molecule has 0 saturated carbocycles. The van der Waals surface area contributed by atoms with Crippen LogP contribution in [0.4, 0.5) is 0 Å². The molecule has 22 heavy (non-hydrogen) atoms. The van der Waals surface area contributed by atoms with Crippen molar-refractivity contribution in [3.8, 4) is 0 Å². The fourth-order valence-corrected chi connectivity index (χ4v) is 3.36. The summed E-state index contributed by atoms with van der Waals surface area (Å²) in [5.74, 6) is 0.421. The minimum absolute atomic E-state index is 0.421. The fourth-order valence-electron chi connectivity index (χ4n) is 3.36. The number of fused-ring (bicyclic) bond motifs is 1. The summed E-state index contributed by atoms with van der Waals surface area (Å²) in [4.78, 5) is 2.55. The Morgan fingerprint density at radius 3 is 2.55 bits per heavy atom. The minimum Gasteiger partial charge on any atom is -0.330 e. The van der Waals surface area contributed by atoms with E-state index in [1.807, 2.05) is 0 Å². The number of aryl methyl sites for hydroxylation is 2. The third kappa shape index (κ3) is 3.23. The Kier molecular flexibility index (Phi) is 4.60. The van der Waals surface area contributed by atoms with Gasteiger partial charge in [0.1, 0.15) is 0 Å². The summed E-state index contributed by atoms with van der Waals surface area (Å²) in [6, 6.07) is 15.6. The van der Waals surface area contributed by atoms with E-state index >= 15 is 0 Å². The summed E-state index contributed by atoms with van der Waals surface area (Å²) in [6.07, 6.45) is 1.15. The van der Waals surface area contributed by atoms with Crippen LogP contribution in [0.2, 0.25) is 0 Å². The van der Waals surface area contributed by atoms with Crippen molar-refractivity contribution >= 4 is 0 Å². The van der Waals surface area contributed by atoms with Crippen molar-refractivity contribution < 1.29 is 0 Å². The Bertz CT molecular complexity index is 648. The van der Waals surface area contributed by atoms with E-state index < -0.39 is 0 Å². The van der Waals surface area contributed by atoms with Gasteiger partial charge in [0.15, 0.2) is 0 Å². The number of nitrogens with two attached hydrogens (primary N) is 1. The molecule has 0 bridgehead atoms. The Morgan fingerprint density at radius 2 is 1.82 bits per heavy atom. The van der Waals surface area contributed by atoms with E-state index in [0.29, 0.717) is 12.5 Å². The lowest BCUT2D eigenvalue weighted by atomic mass is 9.93. The summed E-state index contributed by atoms with van der Waals surface area (Å²) >= 11 is 0. The molecule has 0 fully saturated rings. The summed E-state index contributed by atoms with van der Waals surface area (Å²) in [6.45, 7) is 8.30. The van der Waals surface area contributed by atoms with E-state index in [2.05, 4.69) is 61.2 Å². The van der Waals surface area contributed by atoms with Crippen LogP contribution in [0.5, 0.6) is 0 Å². The first kappa shape index (κ1) is 15.3. The number of hydrogen-bond acceptors (Lipinski definition) is 2. The van der Waals surface area contributed by atoms with E-state index in [1.54, 1.807) is 0 Å². The highest BCUT2D eigenvalue weighted by molar-refractivity contribution is 5.33. The molecule has 1 aliphatic rings. The van der Waals surface area contributed by atoms with Crippen LogP contribution < -0.4 is 5.73 Å². The molecule has 2 heteroatoms. The molecule has 2 aromatic rings. The average molecular weight is 294 g/mol. The van der Waals surface area contributed by atoms with Gasteiger partial charge in [-0.15, -0.1) is 0 Å². The van der Waals surface area contributed by atoms with Gasteiger partial charge in [-0.05, 0) is 48.1 Å². The van der Waals surface area contributed by atoms with Crippen LogP contribution in [-0.4, -0.2) is 24.5 Å². The first-order valence-corrected chi connectivity index (χ1v) is 8.23. The zero-order valence-corrected chi connectivity index (χ0v) is 13.7. The third-order valence-corrected chi connectivity index (χ3v) is 4.98. The molecular weight excluding hydrogens is 268 g/mol. The Labute approximate surface area is 134 Å². The molecule has 2 nitrogen and oxygen atoms in total. The van der Waals surface area contributed by atoms with Crippen molar-refractivity contribution in [2.24, 2.45) is 5.73 Å². The maximum Gasteiger partial charge on any atom is 0.0236 e. The SMILES string of the molecule is Cc1ccc(C(CN)CN2CCc3ccccc3C2)cc1C. The minimum atomic E-state index is 0.421. The summed E-state index contributed by atoms with van der Waals surface area (Å²) in [5, 5.41) is 0. The van der Waals surface area contributed by atoms with Gasteiger partial charge < -0.3 is 5.73 Å². The molecule has 116 valence electrons. The van der Waals surface area contributed by atoms with Crippen LogP contribution in [0.15, 0.2) is 42.5 Å². The second-order valence-electron chi connectivity index (χ2n) is 6.53. The quantitative estimate of drug-likeness (QED) is 0.936. The molecule has 0 radical (unpaired) electrons. The Hall–Kier alpha value is -1.64. The smallest absolute Gasteiger partial charge is 0.0236 e. The fraction of sp³-hybridized carbons (Fsp3) is 0.400. The van der Waals surface area contributed by atoms with Gasteiger partial charge in [-0.25, -0.2) is 0 Å². The first-order valence-electron chi connectivity index (χ1n) is 8.23. The molecule has 2 N–H and O–H groups in total. The van der Waals surface area contributed by atoms with E-state index in [4.69, 9.17) is 5.73 Å². The van der Waals surface area contributed by atoms with Gasteiger partial charge in [0, 0.05) is 32.1 Å². The zero-order valence-electron chi connectivity index (χ0n) is 13.7. The molecule has 1 heterocycles. The average Bonchev–Trinajstić information content (AvgIpc) is 2.55. The summed E-state index contributed by atoms with van der Waals surface area (Å²) < 4.78 is 0. The van der Waals surface area contributed by atoms with Gasteiger partial charge >= 0.3 is 0 Å². The highest BCUT2D eigenvalue weighted by Gasteiger charge is 2.20. The van der Waals surface area contributed by atoms with Crippen LogP contribution in [0.3, 0.4) is 0 Å². The largest absolute Gasteiger partial charge is 0.330 e. The van der Waals surface area contributed by atoms with Gasteiger partial charge in [0.05, 0.1) is 0 Å². The standard InChI is InChI=1S/C20H26N2/c1-15-7-8-18(11-16(15)2)20(12-21)14-22-10-9-17-5-3-4-6-19(17)13-22/h3-8,11,20H,9-10,12-14,21H2,1-2H3. The molecule has 0 amide bonds. The van der Waals surface area contributed by atoms with Gasteiger partial charge in [-0.1, -0.05) is 42.5 Å². The molecule has 2 aromatic carbocycles. The van der Waals surface area contributed by atoms with Crippen molar-refractivity contribution in [2.75, 3.05) is 19.6 Å². The van der Waals surface area contributed by atoms with E-state index in [1.165, 1.54) is 27.8 Å². The predicted molar refractivity (Wildman–Crippen MR) is 93.1 cm³/mol. The summed E-state index contributed by atoms with van der Waals surface area (Å²) in [5.41, 5.74) is 13.2. The van der Waals surface area contributed by atoms with Crippen LogP contribution in [-0.2, 0) is 13.0 Å². The topological polar surface area (TPSA) is 29.3 Å². The maximum atomic E-state index is 6.08. The van der Waals surface area contributed by atoms with Crippen molar-refractivity contribution in [3.63, 3.8) is 0 Å². The van der Waals surface area contributed by atoms with Crippen molar-refractivity contribution in [3.05, 3.63) is 70.3 Å². The number of rotatable bonds is 4. The molecule has 1 unspecified atom stereocenters. The molecule has 0 spiro atoms.